The number of hydrazine groups is 1. The molecule has 0 aromatic rings. The molecule has 1 aliphatic carbocycles. The van der Waals surface area contributed by atoms with Gasteiger partial charge in [-0.15, -0.1) is 0 Å². The Hall–Kier alpha value is -0.340. The molecule has 1 rings (SSSR count). The Labute approximate surface area is 139 Å². The fraction of sp³-hybridized carbons (Fsp3) is 0.900. The van der Waals surface area contributed by atoms with Gasteiger partial charge in [0.25, 0.3) is 0 Å². The minimum Gasteiger partial charge on any atom is -0.269 e. The van der Waals surface area contributed by atoms with Crippen LogP contribution < -0.4 is 5.84 Å². The molecule has 0 amide bonds. The average molecular weight is 309 g/mol. The quantitative estimate of drug-likeness (QED) is 0.257. The van der Waals surface area contributed by atoms with Crippen LogP contribution in [0.15, 0.2) is 11.6 Å². The van der Waals surface area contributed by atoms with Crippen LogP contribution in [0.5, 0.6) is 0 Å². The molecule has 0 saturated heterocycles. The monoisotopic (exact) mass is 308 g/mol. The second-order valence-corrected chi connectivity index (χ2v) is 8.02. The van der Waals surface area contributed by atoms with E-state index < -0.39 is 0 Å². The smallest absolute Gasteiger partial charge is 0.0196 e. The van der Waals surface area contributed by atoms with Crippen molar-refractivity contribution in [3.05, 3.63) is 11.6 Å². The standard InChI is InChI=1S/C20H40N2/c1-5-6-7-13-16-20(2,3)19(17-22(4)21)18-14-11-9-8-10-12-15-18/h14,19H,5-13,15-17,21H2,1-4H3/b18-14-. The average Bonchev–Trinajstić information content (AvgIpc) is 2.41. The molecule has 2 nitrogen and oxygen atoms in total. The maximum atomic E-state index is 6.05. The molecule has 130 valence electrons. The summed E-state index contributed by atoms with van der Waals surface area (Å²) in [6.45, 7) is 8.21. The first-order valence-corrected chi connectivity index (χ1v) is 9.62. The lowest BCUT2D eigenvalue weighted by Gasteiger charge is -2.38. The molecular weight excluding hydrogens is 268 g/mol. The van der Waals surface area contributed by atoms with Gasteiger partial charge >= 0.3 is 0 Å². The summed E-state index contributed by atoms with van der Waals surface area (Å²) in [5.41, 5.74) is 2.05. The molecule has 2 N–H and O–H groups in total. The summed E-state index contributed by atoms with van der Waals surface area (Å²) in [5.74, 6) is 6.66. The fourth-order valence-electron chi connectivity index (χ4n) is 3.87. The van der Waals surface area contributed by atoms with Crippen molar-refractivity contribution in [2.24, 2.45) is 17.2 Å². The van der Waals surface area contributed by atoms with E-state index in [0.29, 0.717) is 11.3 Å². The first-order valence-electron chi connectivity index (χ1n) is 9.62. The highest BCUT2D eigenvalue weighted by atomic mass is 15.4. The zero-order chi connectivity index (χ0) is 16.4. The lowest BCUT2D eigenvalue weighted by atomic mass is 9.69. The van der Waals surface area contributed by atoms with E-state index in [1.54, 1.807) is 5.57 Å². The summed E-state index contributed by atoms with van der Waals surface area (Å²) in [6.07, 6.45) is 17.4. The fourth-order valence-corrected chi connectivity index (χ4v) is 3.87. The van der Waals surface area contributed by atoms with Crippen LogP contribution in [0.1, 0.15) is 91.4 Å². The Balaban J connectivity index is 2.75. The third-order valence-electron chi connectivity index (χ3n) is 5.36. The molecule has 22 heavy (non-hydrogen) atoms. The lowest BCUT2D eigenvalue weighted by Crippen LogP contribution is -2.39. The van der Waals surface area contributed by atoms with Crippen molar-refractivity contribution in [2.75, 3.05) is 13.6 Å². The number of allylic oxidation sites excluding steroid dienone is 1. The zero-order valence-electron chi connectivity index (χ0n) is 15.7. The van der Waals surface area contributed by atoms with E-state index in [2.05, 4.69) is 26.8 Å². The maximum Gasteiger partial charge on any atom is 0.0196 e. The summed E-state index contributed by atoms with van der Waals surface area (Å²) >= 11 is 0. The molecule has 0 aromatic carbocycles. The number of nitrogens with zero attached hydrogens (tertiary/aromatic N) is 1. The molecule has 0 heterocycles. The second-order valence-electron chi connectivity index (χ2n) is 8.02. The number of unbranched alkanes of at least 4 members (excludes halogenated alkanes) is 3. The number of rotatable bonds is 9. The molecule has 0 bridgehead atoms. The van der Waals surface area contributed by atoms with E-state index in [0.717, 1.165) is 6.54 Å². The van der Waals surface area contributed by atoms with Gasteiger partial charge in [0.1, 0.15) is 0 Å². The number of hydrogen-bond donors (Lipinski definition) is 1. The number of hydrogen-bond acceptors (Lipinski definition) is 2. The molecular formula is C20H40N2. The Bertz CT molecular complexity index is 318. The van der Waals surface area contributed by atoms with Gasteiger partial charge in [0.15, 0.2) is 0 Å². The van der Waals surface area contributed by atoms with E-state index >= 15 is 0 Å². The van der Waals surface area contributed by atoms with Crippen LogP contribution >= 0.6 is 0 Å². The van der Waals surface area contributed by atoms with Gasteiger partial charge in [0.05, 0.1) is 0 Å². The summed E-state index contributed by atoms with van der Waals surface area (Å²) in [4.78, 5) is 0. The van der Waals surface area contributed by atoms with Gasteiger partial charge in [0.2, 0.25) is 0 Å². The van der Waals surface area contributed by atoms with Crippen molar-refractivity contribution in [3.63, 3.8) is 0 Å². The topological polar surface area (TPSA) is 29.3 Å². The van der Waals surface area contributed by atoms with Crippen molar-refractivity contribution in [2.45, 2.75) is 91.4 Å². The number of nitrogens with two attached hydrogens (primary N) is 1. The first kappa shape index (κ1) is 19.7. The van der Waals surface area contributed by atoms with Crippen LogP contribution in [0.4, 0.5) is 0 Å². The molecule has 1 unspecified atom stereocenters. The Kier molecular flexibility index (Phi) is 9.35. The SMILES string of the molecule is CCCCCCC(C)(C)C(CN(C)N)/C1=C\CCCCCC1. The van der Waals surface area contributed by atoms with E-state index in [1.165, 1.54) is 70.6 Å². The third kappa shape index (κ3) is 7.28. The largest absolute Gasteiger partial charge is 0.269 e. The van der Waals surface area contributed by atoms with Crippen LogP contribution in [-0.4, -0.2) is 18.6 Å². The van der Waals surface area contributed by atoms with Gasteiger partial charge in [-0.05, 0) is 43.4 Å². The second kappa shape index (κ2) is 10.4. The van der Waals surface area contributed by atoms with Gasteiger partial charge in [-0.3, -0.25) is 5.84 Å². The normalized spacial score (nSPS) is 21.1. The molecule has 0 aromatic heterocycles. The van der Waals surface area contributed by atoms with E-state index in [9.17, 15) is 0 Å². The van der Waals surface area contributed by atoms with E-state index in [-0.39, 0.29) is 0 Å². The minimum absolute atomic E-state index is 0.354. The van der Waals surface area contributed by atoms with Crippen LogP contribution in [0, 0.1) is 11.3 Å². The maximum absolute atomic E-state index is 6.05. The van der Waals surface area contributed by atoms with Crippen molar-refractivity contribution < 1.29 is 0 Å². The molecule has 0 fully saturated rings. The highest BCUT2D eigenvalue weighted by molar-refractivity contribution is 5.12. The Morgan fingerprint density at radius 3 is 2.55 bits per heavy atom. The molecule has 1 atom stereocenters. The van der Waals surface area contributed by atoms with Gasteiger partial charge in [-0.1, -0.05) is 70.9 Å². The predicted molar refractivity (Wildman–Crippen MR) is 98.6 cm³/mol. The summed E-state index contributed by atoms with van der Waals surface area (Å²) in [5, 5.41) is 1.90. The van der Waals surface area contributed by atoms with Crippen molar-refractivity contribution in [3.8, 4) is 0 Å². The van der Waals surface area contributed by atoms with Gasteiger partial charge in [0, 0.05) is 13.6 Å². The van der Waals surface area contributed by atoms with E-state index in [1.807, 2.05) is 12.1 Å². The molecule has 0 spiro atoms. The lowest BCUT2D eigenvalue weighted by molar-refractivity contribution is 0.160. The minimum atomic E-state index is 0.354. The van der Waals surface area contributed by atoms with Gasteiger partial charge in [-0.25, -0.2) is 5.01 Å². The zero-order valence-corrected chi connectivity index (χ0v) is 15.7. The predicted octanol–water partition coefficient (Wildman–Crippen LogP) is 5.69. The van der Waals surface area contributed by atoms with Crippen molar-refractivity contribution in [1.82, 2.24) is 5.01 Å². The third-order valence-corrected chi connectivity index (χ3v) is 5.36. The summed E-state index contributed by atoms with van der Waals surface area (Å²) in [7, 11) is 2.02. The molecule has 2 heteroatoms. The highest BCUT2D eigenvalue weighted by Crippen LogP contribution is 2.40. The summed E-state index contributed by atoms with van der Waals surface area (Å²) in [6, 6.07) is 0. The summed E-state index contributed by atoms with van der Waals surface area (Å²) < 4.78 is 0. The van der Waals surface area contributed by atoms with Gasteiger partial charge < -0.3 is 0 Å². The van der Waals surface area contributed by atoms with Crippen molar-refractivity contribution in [1.29, 1.82) is 0 Å². The molecule has 0 saturated carbocycles. The van der Waals surface area contributed by atoms with Crippen LogP contribution in [0.3, 0.4) is 0 Å². The van der Waals surface area contributed by atoms with Crippen LogP contribution in [0.2, 0.25) is 0 Å². The Morgan fingerprint density at radius 2 is 1.86 bits per heavy atom. The Morgan fingerprint density at radius 1 is 1.14 bits per heavy atom. The first-order chi connectivity index (χ1) is 10.5. The van der Waals surface area contributed by atoms with Gasteiger partial charge in [-0.2, -0.15) is 0 Å². The van der Waals surface area contributed by atoms with Crippen LogP contribution in [0.25, 0.3) is 0 Å². The van der Waals surface area contributed by atoms with Crippen LogP contribution in [-0.2, 0) is 0 Å². The molecule has 1 aliphatic rings. The molecule has 0 radical (unpaired) electrons. The highest BCUT2D eigenvalue weighted by Gasteiger charge is 2.32. The van der Waals surface area contributed by atoms with Crippen molar-refractivity contribution >= 4 is 0 Å². The molecule has 0 aliphatic heterocycles. The van der Waals surface area contributed by atoms with E-state index in [4.69, 9.17) is 5.84 Å².